The van der Waals surface area contributed by atoms with Crippen molar-refractivity contribution in [2.45, 2.75) is 57.6 Å². The quantitative estimate of drug-likeness (QED) is 0.606. The summed E-state index contributed by atoms with van der Waals surface area (Å²) in [6.07, 6.45) is 5.82. The fourth-order valence-corrected chi connectivity index (χ4v) is 4.69. The summed E-state index contributed by atoms with van der Waals surface area (Å²) in [5, 5.41) is 20.7. The molecule has 9 nitrogen and oxygen atoms in total. The summed E-state index contributed by atoms with van der Waals surface area (Å²) in [6.45, 7) is 3.32. The summed E-state index contributed by atoms with van der Waals surface area (Å²) < 4.78 is 30.4. The number of nitrogens with one attached hydrogen (secondary N) is 1. The van der Waals surface area contributed by atoms with Gasteiger partial charge in [-0.2, -0.15) is 10.2 Å². The van der Waals surface area contributed by atoms with Crippen LogP contribution in [-0.2, 0) is 0 Å². The molecule has 1 saturated carbocycles. The highest BCUT2D eigenvalue weighted by Crippen LogP contribution is 2.34. The third-order valence-corrected chi connectivity index (χ3v) is 6.66. The molecule has 2 aliphatic rings. The molecule has 33 heavy (non-hydrogen) atoms. The second-order valence-corrected chi connectivity index (χ2v) is 9.08. The van der Waals surface area contributed by atoms with Gasteiger partial charge in [0.2, 0.25) is 0 Å². The first-order valence-electron chi connectivity index (χ1n) is 11.3. The molecule has 1 aliphatic carbocycles. The average Bonchev–Trinajstić information content (AvgIpc) is 3.52. The number of nitrogens with zero attached hydrogens (tertiary/aromatic N) is 6. The fraction of sp³-hybridized carbons (Fsp3) is 0.545. The molecule has 1 saturated heterocycles. The normalized spacial score (nSPS) is 23.5. The summed E-state index contributed by atoms with van der Waals surface area (Å²) in [6, 6.07) is 1.82. The molecule has 11 heteroatoms. The maximum absolute atomic E-state index is 13.7. The lowest BCUT2D eigenvalue weighted by molar-refractivity contribution is 0.102. The third-order valence-electron chi connectivity index (χ3n) is 6.66. The van der Waals surface area contributed by atoms with Crippen molar-refractivity contribution in [1.82, 2.24) is 24.4 Å². The van der Waals surface area contributed by atoms with E-state index in [0.29, 0.717) is 36.9 Å². The zero-order chi connectivity index (χ0) is 23.1. The third kappa shape index (κ3) is 4.29. The van der Waals surface area contributed by atoms with E-state index in [-0.39, 0.29) is 17.3 Å². The number of carbonyl (C=O) groups is 1. The first-order valence-corrected chi connectivity index (χ1v) is 11.3. The number of aliphatic hydroxyl groups is 1. The lowest BCUT2D eigenvalue weighted by Crippen LogP contribution is -2.22. The second kappa shape index (κ2) is 8.69. The molecule has 2 fully saturated rings. The number of rotatable bonds is 5. The van der Waals surface area contributed by atoms with Gasteiger partial charge < -0.3 is 15.3 Å². The molecule has 3 aromatic heterocycles. The standard InChI is InChI=1S/C22H27F2N7O2/c1-13-2-4-14(5-3-13)31-12-17(19(28-31)20(23)24)26-22(33)16-10-25-30-9-7-18(27-21(16)30)29-8-6-15(32)11-29/h7,9-10,12-15,20,32H,2-6,8,11H2,1H3,(H,26,33)/t13?,14?,15-/m1/s1. The van der Waals surface area contributed by atoms with Gasteiger partial charge in [0.1, 0.15) is 11.4 Å². The highest BCUT2D eigenvalue weighted by Gasteiger charge is 2.27. The van der Waals surface area contributed by atoms with Crippen LogP contribution in [0.15, 0.2) is 24.7 Å². The first kappa shape index (κ1) is 21.7. The molecule has 5 rings (SSSR count). The van der Waals surface area contributed by atoms with E-state index in [2.05, 4.69) is 27.4 Å². The number of hydrogen-bond donors (Lipinski definition) is 2. The van der Waals surface area contributed by atoms with Gasteiger partial charge in [0, 0.05) is 25.5 Å². The van der Waals surface area contributed by atoms with Crippen LogP contribution in [0.25, 0.3) is 5.65 Å². The summed E-state index contributed by atoms with van der Waals surface area (Å²) in [5.74, 6) is 0.679. The van der Waals surface area contributed by atoms with Crippen LogP contribution >= 0.6 is 0 Å². The molecule has 1 aliphatic heterocycles. The molecule has 0 aromatic carbocycles. The molecular weight excluding hydrogens is 432 g/mol. The number of amides is 1. The molecule has 1 atom stereocenters. The number of fused-ring (bicyclic) bond motifs is 1. The van der Waals surface area contributed by atoms with E-state index in [1.807, 2.05) is 4.90 Å². The van der Waals surface area contributed by atoms with Crippen LogP contribution < -0.4 is 10.2 Å². The van der Waals surface area contributed by atoms with Crippen LogP contribution in [0.2, 0.25) is 0 Å². The predicted octanol–water partition coefficient (Wildman–Crippen LogP) is 3.44. The average molecular weight is 460 g/mol. The fourth-order valence-electron chi connectivity index (χ4n) is 4.69. The minimum atomic E-state index is -2.81. The van der Waals surface area contributed by atoms with E-state index in [4.69, 9.17) is 0 Å². The van der Waals surface area contributed by atoms with Crippen molar-refractivity contribution in [3.05, 3.63) is 35.9 Å². The molecule has 0 spiro atoms. The van der Waals surface area contributed by atoms with Crippen molar-refractivity contribution < 1.29 is 18.7 Å². The van der Waals surface area contributed by atoms with E-state index >= 15 is 0 Å². The van der Waals surface area contributed by atoms with Crippen LogP contribution in [-0.4, -0.2) is 54.6 Å². The van der Waals surface area contributed by atoms with Crippen molar-refractivity contribution in [3.8, 4) is 0 Å². The maximum Gasteiger partial charge on any atom is 0.284 e. The summed E-state index contributed by atoms with van der Waals surface area (Å²) in [5.41, 5.74) is 0.0691. The molecule has 0 unspecified atom stereocenters. The Morgan fingerprint density at radius 3 is 2.73 bits per heavy atom. The van der Waals surface area contributed by atoms with Crippen LogP contribution in [0.3, 0.4) is 0 Å². The summed E-state index contributed by atoms with van der Waals surface area (Å²) >= 11 is 0. The molecule has 2 N–H and O–H groups in total. The highest BCUT2D eigenvalue weighted by molar-refractivity contribution is 6.08. The van der Waals surface area contributed by atoms with Crippen molar-refractivity contribution in [3.63, 3.8) is 0 Å². The Hall–Kier alpha value is -3.08. The number of hydrogen-bond acceptors (Lipinski definition) is 6. The van der Waals surface area contributed by atoms with Crippen LogP contribution in [0.1, 0.15) is 67.5 Å². The molecule has 3 aromatic rings. The molecule has 1 amide bonds. The number of β-amino-alcohol motifs (C(OH)–C–C–N with tert-alkyl or cyclic N) is 1. The van der Waals surface area contributed by atoms with Gasteiger partial charge in [-0.3, -0.25) is 9.48 Å². The highest BCUT2D eigenvalue weighted by atomic mass is 19.3. The number of alkyl halides is 2. The van der Waals surface area contributed by atoms with Crippen molar-refractivity contribution in [2.75, 3.05) is 23.3 Å². The van der Waals surface area contributed by atoms with E-state index in [1.54, 1.807) is 16.9 Å². The molecule has 0 bridgehead atoms. The van der Waals surface area contributed by atoms with Gasteiger partial charge >= 0.3 is 0 Å². The van der Waals surface area contributed by atoms with Crippen LogP contribution in [0.5, 0.6) is 0 Å². The minimum absolute atomic E-state index is 0.00629. The zero-order valence-corrected chi connectivity index (χ0v) is 18.4. The topological polar surface area (TPSA) is 101 Å². The van der Waals surface area contributed by atoms with E-state index in [9.17, 15) is 18.7 Å². The number of halogens is 2. The summed E-state index contributed by atoms with van der Waals surface area (Å²) in [7, 11) is 0. The van der Waals surface area contributed by atoms with Crippen molar-refractivity contribution >= 4 is 23.1 Å². The Balaban J connectivity index is 1.40. The Bertz CT molecular complexity index is 1150. The SMILES string of the molecule is CC1CCC(n2cc(NC(=O)c3cnn4ccc(N5CC[C@@H](O)C5)nc34)c(C(F)F)n2)CC1. The molecule has 4 heterocycles. The molecule has 176 valence electrons. The number of carbonyl (C=O) groups excluding carboxylic acids is 1. The monoisotopic (exact) mass is 459 g/mol. The van der Waals surface area contributed by atoms with Gasteiger partial charge in [0.25, 0.3) is 12.3 Å². The van der Waals surface area contributed by atoms with Crippen molar-refractivity contribution in [2.24, 2.45) is 5.92 Å². The van der Waals surface area contributed by atoms with Gasteiger partial charge in [0.05, 0.1) is 24.0 Å². The lowest BCUT2D eigenvalue weighted by Gasteiger charge is -2.26. The van der Waals surface area contributed by atoms with E-state index in [0.717, 1.165) is 25.7 Å². The first-order chi connectivity index (χ1) is 15.9. The van der Waals surface area contributed by atoms with Crippen LogP contribution in [0, 0.1) is 5.92 Å². The minimum Gasteiger partial charge on any atom is -0.391 e. The van der Waals surface area contributed by atoms with Gasteiger partial charge in [0.15, 0.2) is 11.3 Å². The Morgan fingerprint density at radius 2 is 2.03 bits per heavy atom. The van der Waals surface area contributed by atoms with Crippen LogP contribution in [0.4, 0.5) is 20.3 Å². The number of aromatic nitrogens is 5. The lowest BCUT2D eigenvalue weighted by atomic mass is 9.87. The summed E-state index contributed by atoms with van der Waals surface area (Å²) in [4.78, 5) is 19.5. The Morgan fingerprint density at radius 1 is 1.24 bits per heavy atom. The zero-order valence-electron chi connectivity index (χ0n) is 18.4. The van der Waals surface area contributed by atoms with Gasteiger partial charge in [-0.05, 0) is 44.1 Å². The van der Waals surface area contributed by atoms with E-state index in [1.165, 1.54) is 16.9 Å². The molecule has 0 radical (unpaired) electrons. The van der Waals surface area contributed by atoms with E-state index < -0.39 is 24.1 Å². The Labute approximate surface area is 189 Å². The number of aliphatic hydroxyl groups excluding tert-OH is 1. The van der Waals surface area contributed by atoms with Gasteiger partial charge in [-0.15, -0.1) is 0 Å². The Kier molecular flexibility index (Phi) is 5.73. The predicted molar refractivity (Wildman–Crippen MR) is 118 cm³/mol. The van der Waals surface area contributed by atoms with Gasteiger partial charge in [-0.25, -0.2) is 18.3 Å². The maximum atomic E-state index is 13.7. The van der Waals surface area contributed by atoms with Gasteiger partial charge in [-0.1, -0.05) is 6.92 Å². The second-order valence-electron chi connectivity index (χ2n) is 9.08. The molecular formula is C22H27F2N7O2. The number of anilines is 2. The van der Waals surface area contributed by atoms with Crippen molar-refractivity contribution in [1.29, 1.82) is 0 Å². The smallest absolute Gasteiger partial charge is 0.284 e. The largest absolute Gasteiger partial charge is 0.391 e.